The number of thiazole rings is 1. The molecule has 1 amide bonds. The molecule has 0 unspecified atom stereocenters. The summed E-state index contributed by atoms with van der Waals surface area (Å²) in [4.78, 5) is 16.5. The third-order valence-electron chi connectivity index (χ3n) is 3.18. The molecule has 9 heteroatoms. The maximum Gasteiger partial charge on any atom is 0.259 e. The molecule has 124 valence electrons. The normalized spacial score (nSPS) is 11.6. The summed E-state index contributed by atoms with van der Waals surface area (Å²) in [7, 11) is -3.47. The van der Waals surface area contributed by atoms with Crippen molar-refractivity contribution >= 4 is 54.0 Å². The SMILES string of the molecule is CS(=O)(=O)c1ccc(Cl)c(C(=O)Nc2nc3ccc(F)cc3s2)c1. The Balaban J connectivity index is 1.94. The maximum absolute atomic E-state index is 13.2. The number of nitrogens with zero attached hydrogens (tertiary/aromatic N) is 1. The fourth-order valence-electron chi connectivity index (χ4n) is 2.03. The Kier molecular flexibility index (Phi) is 4.29. The van der Waals surface area contributed by atoms with Crippen LogP contribution < -0.4 is 5.32 Å². The maximum atomic E-state index is 13.2. The lowest BCUT2D eigenvalue weighted by molar-refractivity contribution is 0.102. The zero-order valence-electron chi connectivity index (χ0n) is 12.2. The number of hydrogen-bond donors (Lipinski definition) is 1. The number of sulfone groups is 1. The van der Waals surface area contributed by atoms with Crippen molar-refractivity contribution in [3.8, 4) is 0 Å². The first-order valence-electron chi connectivity index (χ1n) is 6.61. The molecule has 0 aliphatic rings. The van der Waals surface area contributed by atoms with Crippen molar-refractivity contribution in [2.75, 3.05) is 11.6 Å². The van der Waals surface area contributed by atoms with Crippen LogP contribution in [0.2, 0.25) is 5.02 Å². The average Bonchev–Trinajstić information content (AvgIpc) is 2.87. The van der Waals surface area contributed by atoms with Crippen LogP contribution in [0.25, 0.3) is 10.2 Å². The summed E-state index contributed by atoms with van der Waals surface area (Å²) in [5.74, 6) is -0.988. The molecule has 24 heavy (non-hydrogen) atoms. The molecule has 0 atom stereocenters. The quantitative estimate of drug-likeness (QED) is 0.746. The van der Waals surface area contributed by atoms with Gasteiger partial charge in [-0.1, -0.05) is 22.9 Å². The molecule has 5 nitrogen and oxygen atoms in total. The smallest absolute Gasteiger partial charge is 0.259 e. The van der Waals surface area contributed by atoms with Crippen molar-refractivity contribution in [1.29, 1.82) is 0 Å². The van der Waals surface area contributed by atoms with Gasteiger partial charge in [-0.3, -0.25) is 10.1 Å². The van der Waals surface area contributed by atoms with E-state index in [9.17, 15) is 17.6 Å². The van der Waals surface area contributed by atoms with Crippen molar-refractivity contribution in [1.82, 2.24) is 4.98 Å². The predicted octanol–water partition coefficient (Wildman–Crippen LogP) is 3.74. The molecule has 0 bridgehead atoms. The van der Waals surface area contributed by atoms with Gasteiger partial charge < -0.3 is 0 Å². The van der Waals surface area contributed by atoms with Crippen molar-refractivity contribution in [2.45, 2.75) is 4.90 Å². The van der Waals surface area contributed by atoms with Crippen molar-refractivity contribution < 1.29 is 17.6 Å². The van der Waals surface area contributed by atoms with Gasteiger partial charge in [-0.25, -0.2) is 17.8 Å². The van der Waals surface area contributed by atoms with E-state index in [1.54, 1.807) is 0 Å². The van der Waals surface area contributed by atoms with Gasteiger partial charge in [0.15, 0.2) is 15.0 Å². The molecule has 1 N–H and O–H groups in total. The number of anilines is 1. The largest absolute Gasteiger partial charge is 0.298 e. The molecule has 1 aromatic heterocycles. The molecule has 3 aromatic rings. The van der Waals surface area contributed by atoms with Gasteiger partial charge in [0.2, 0.25) is 0 Å². The first kappa shape index (κ1) is 16.8. The number of halogens is 2. The highest BCUT2D eigenvalue weighted by Gasteiger charge is 2.17. The van der Waals surface area contributed by atoms with Crippen LogP contribution in [0.4, 0.5) is 9.52 Å². The fraction of sp³-hybridized carbons (Fsp3) is 0.0667. The van der Waals surface area contributed by atoms with Crippen LogP contribution in [0.5, 0.6) is 0 Å². The Hall–Kier alpha value is -2.03. The van der Waals surface area contributed by atoms with Crippen LogP contribution in [-0.4, -0.2) is 25.6 Å². The highest BCUT2D eigenvalue weighted by atomic mass is 35.5. The van der Waals surface area contributed by atoms with Gasteiger partial charge in [0, 0.05) is 6.26 Å². The van der Waals surface area contributed by atoms with Crippen LogP contribution in [0.3, 0.4) is 0 Å². The lowest BCUT2D eigenvalue weighted by Gasteiger charge is -2.06. The van der Waals surface area contributed by atoms with E-state index in [4.69, 9.17) is 11.6 Å². The summed E-state index contributed by atoms with van der Waals surface area (Å²) in [5.41, 5.74) is 0.567. The molecule has 0 saturated carbocycles. The Morgan fingerprint density at radius 1 is 1.25 bits per heavy atom. The van der Waals surface area contributed by atoms with Crippen molar-refractivity contribution in [3.05, 3.63) is 52.8 Å². The Labute approximate surface area is 146 Å². The third-order valence-corrected chi connectivity index (χ3v) is 5.55. The summed E-state index contributed by atoms with van der Waals surface area (Å²) in [5, 5.41) is 2.94. The Morgan fingerprint density at radius 3 is 2.71 bits per heavy atom. The second-order valence-corrected chi connectivity index (χ2v) is 8.45. The van der Waals surface area contributed by atoms with Crippen LogP contribution in [0.1, 0.15) is 10.4 Å². The van der Waals surface area contributed by atoms with Gasteiger partial charge in [0.1, 0.15) is 5.82 Å². The van der Waals surface area contributed by atoms with Gasteiger partial charge in [-0.2, -0.15) is 0 Å². The number of rotatable bonds is 3. The monoisotopic (exact) mass is 384 g/mol. The first-order valence-corrected chi connectivity index (χ1v) is 9.70. The highest BCUT2D eigenvalue weighted by Crippen LogP contribution is 2.28. The van der Waals surface area contributed by atoms with Gasteiger partial charge in [-0.15, -0.1) is 0 Å². The number of benzene rings is 2. The lowest BCUT2D eigenvalue weighted by atomic mass is 10.2. The number of nitrogens with one attached hydrogen (secondary N) is 1. The summed E-state index contributed by atoms with van der Waals surface area (Å²) < 4.78 is 37.0. The van der Waals surface area contributed by atoms with Crippen molar-refractivity contribution in [2.24, 2.45) is 0 Å². The zero-order chi connectivity index (χ0) is 17.5. The average molecular weight is 385 g/mol. The number of carbonyl (C=O) groups is 1. The topological polar surface area (TPSA) is 76.1 Å². The summed E-state index contributed by atoms with van der Waals surface area (Å²) in [6.45, 7) is 0. The minimum absolute atomic E-state index is 0.0107. The molecule has 0 saturated heterocycles. The van der Waals surface area contributed by atoms with E-state index in [0.29, 0.717) is 10.2 Å². The third kappa shape index (κ3) is 3.40. The fourth-order valence-corrected chi connectivity index (χ4v) is 3.76. The summed E-state index contributed by atoms with van der Waals surface area (Å²) in [6.07, 6.45) is 1.04. The second kappa shape index (κ2) is 6.12. The lowest BCUT2D eigenvalue weighted by Crippen LogP contribution is -2.13. The zero-order valence-corrected chi connectivity index (χ0v) is 14.6. The molecule has 2 aromatic carbocycles. The van der Waals surface area contributed by atoms with E-state index in [-0.39, 0.29) is 20.6 Å². The Bertz CT molecular complexity index is 1060. The second-order valence-electron chi connectivity index (χ2n) is 5.00. The molecule has 0 aliphatic heterocycles. The number of aromatic nitrogens is 1. The van der Waals surface area contributed by atoms with E-state index >= 15 is 0 Å². The van der Waals surface area contributed by atoms with Crippen molar-refractivity contribution in [3.63, 3.8) is 0 Å². The van der Waals surface area contributed by atoms with Crippen LogP contribution in [-0.2, 0) is 9.84 Å². The summed E-state index contributed by atoms with van der Waals surface area (Å²) in [6, 6.07) is 7.99. The number of carbonyl (C=O) groups excluding carboxylic acids is 1. The molecule has 0 fully saturated rings. The number of amides is 1. The minimum atomic E-state index is -3.47. The number of fused-ring (bicyclic) bond motifs is 1. The van der Waals surface area contributed by atoms with E-state index in [0.717, 1.165) is 17.6 Å². The van der Waals surface area contributed by atoms with Gasteiger partial charge >= 0.3 is 0 Å². The van der Waals surface area contributed by atoms with Crippen LogP contribution in [0.15, 0.2) is 41.3 Å². The molecule has 1 heterocycles. The van der Waals surface area contributed by atoms with Gasteiger partial charge in [0.25, 0.3) is 5.91 Å². The summed E-state index contributed by atoms with van der Waals surface area (Å²) >= 11 is 7.09. The van der Waals surface area contributed by atoms with E-state index in [1.807, 2.05) is 0 Å². The van der Waals surface area contributed by atoms with Crippen LogP contribution in [0, 0.1) is 5.82 Å². The molecular formula is C15H10ClFN2O3S2. The first-order chi connectivity index (χ1) is 11.2. The van der Waals surface area contributed by atoms with Crippen LogP contribution >= 0.6 is 22.9 Å². The van der Waals surface area contributed by atoms with Gasteiger partial charge in [0.05, 0.1) is 25.7 Å². The standard InChI is InChI=1S/C15H10ClFN2O3S2/c1-24(21,22)9-3-4-11(16)10(7-9)14(20)19-15-18-12-5-2-8(17)6-13(12)23-15/h2-7H,1H3,(H,18,19,20). The predicted molar refractivity (Wildman–Crippen MR) is 92.1 cm³/mol. The molecule has 0 spiro atoms. The molecule has 0 aliphatic carbocycles. The molecule has 3 rings (SSSR count). The van der Waals surface area contributed by atoms with E-state index < -0.39 is 21.6 Å². The van der Waals surface area contributed by atoms with E-state index in [2.05, 4.69) is 10.3 Å². The highest BCUT2D eigenvalue weighted by molar-refractivity contribution is 7.90. The van der Waals surface area contributed by atoms with E-state index in [1.165, 1.54) is 36.4 Å². The number of hydrogen-bond acceptors (Lipinski definition) is 5. The van der Waals surface area contributed by atoms with Gasteiger partial charge in [-0.05, 0) is 36.4 Å². The minimum Gasteiger partial charge on any atom is -0.298 e. The Morgan fingerprint density at radius 2 is 2.00 bits per heavy atom. The molecular weight excluding hydrogens is 375 g/mol. The molecule has 0 radical (unpaired) electrons.